The van der Waals surface area contributed by atoms with Crippen molar-refractivity contribution in [3.63, 3.8) is 0 Å². The number of halogens is 3. The van der Waals surface area contributed by atoms with Gasteiger partial charge in [0.15, 0.2) is 0 Å². The minimum Gasteiger partial charge on any atom is -0.327 e. The van der Waals surface area contributed by atoms with E-state index in [1.165, 1.54) is 12.1 Å². The molecule has 0 aromatic heterocycles. The molecule has 0 radical (unpaired) electrons. The molecule has 1 saturated heterocycles. The van der Waals surface area contributed by atoms with Crippen molar-refractivity contribution in [1.29, 1.82) is 0 Å². The Morgan fingerprint density at radius 1 is 1.33 bits per heavy atom. The fourth-order valence-corrected chi connectivity index (χ4v) is 4.01. The van der Waals surface area contributed by atoms with E-state index < -0.39 is 27.7 Å². The number of benzene rings is 1. The summed E-state index contributed by atoms with van der Waals surface area (Å²) in [5.74, 6) is -1.66. The van der Waals surface area contributed by atoms with Gasteiger partial charge in [-0.25, -0.2) is 8.78 Å². The molecule has 1 heterocycles. The zero-order valence-electron chi connectivity index (χ0n) is 13.7. The van der Waals surface area contributed by atoms with Crippen LogP contribution in [0.4, 0.5) is 8.78 Å². The minimum atomic E-state index is -0.870. The molecule has 2 fully saturated rings. The van der Waals surface area contributed by atoms with Crippen LogP contribution < -0.4 is 5.32 Å². The van der Waals surface area contributed by atoms with Crippen LogP contribution in [0.3, 0.4) is 0 Å². The number of piperazine rings is 1. The Balaban J connectivity index is 2.05. The molecule has 1 atom stereocenters. The standard InChI is InChI=1S/C18H21ClF2N2O/c1-3-8-23-16(24)18(6-4-5-7-18)22-11-17(23,2)12-9-13(20)15(19)14(21)10-12/h3,9-10,22H,1,4-8,11H2,2H3/t17-/m0/s1. The van der Waals surface area contributed by atoms with E-state index in [1.54, 1.807) is 11.0 Å². The van der Waals surface area contributed by atoms with E-state index in [-0.39, 0.29) is 5.91 Å². The molecular formula is C18H21ClF2N2O. The summed E-state index contributed by atoms with van der Waals surface area (Å²) in [4.78, 5) is 14.9. The molecular weight excluding hydrogens is 334 g/mol. The smallest absolute Gasteiger partial charge is 0.243 e. The number of hydrogen-bond donors (Lipinski definition) is 1. The van der Waals surface area contributed by atoms with E-state index in [4.69, 9.17) is 11.6 Å². The van der Waals surface area contributed by atoms with E-state index in [2.05, 4.69) is 11.9 Å². The van der Waals surface area contributed by atoms with Gasteiger partial charge in [0.1, 0.15) is 16.7 Å². The highest BCUT2D eigenvalue weighted by atomic mass is 35.5. The summed E-state index contributed by atoms with van der Waals surface area (Å²) in [6, 6.07) is 2.42. The van der Waals surface area contributed by atoms with Crippen LogP contribution in [0.25, 0.3) is 0 Å². The van der Waals surface area contributed by atoms with Crippen LogP contribution in [-0.4, -0.2) is 29.4 Å². The van der Waals surface area contributed by atoms with Crippen LogP contribution in [0, 0.1) is 11.6 Å². The number of nitrogens with one attached hydrogen (secondary N) is 1. The van der Waals surface area contributed by atoms with Crippen molar-refractivity contribution >= 4 is 17.5 Å². The first-order valence-electron chi connectivity index (χ1n) is 8.17. The lowest BCUT2D eigenvalue weighted by atomic mass is 9.81. The molecule has 6 heteroatoms. The van der Waals surface area contributed by atoms with Crippen molar-refractivity contribution in [3.8, 4) is 0 Å². The Hall–Kier alpha value is -1.46. The third kappa shape index (κ3) is 2.54. The monoisotopic (exact) mass is 354 g/mol. The van der Waals surface area contributed by atoms with Gasteiger partial charge in [0.25, 0.3) is 0 Å². The number of carbonyl (C=O) groups excluding carboxylic acids is 1. The zero-order valence-corrected chi connectivity index (χ0v) is 14.4. The molecule has 1 amide bonds. The highest BCUT2D eigenvalue weighted by molar-refractivity contribution is 6.30. The maximum atomic E-state index is 14.0. The number of hydrogen-bond acceptors (Lipinski definition) is 2. The molecule has 1 aliphatic heterocycles. The van der Waals surface area contributed by atoms with Gasteiger partial charge in [-0.3, -0.25) is 4.79 Å². The van der Waals surface area contributed by atoms with Crippen molar-refractivity contribution < 1.29 is 13.6 Å². The molecule has 0 unspecified atom stereocenters. The highest BCUT2D eigenvalue weighted by Gasteiger charge is 2.53. The fraction of sp³-hybridized carbons (Fsp3) is 0.500. The van der Waals surface area contributed by atoms with Crippen LogP contribution in [0.2, 0.25) is 5.02 Å². The first-order valence-corrected chi connectivity index (χ1v) is 8.55. The molecule has 1 aromatic rings. The second kappa shape index (κ2) is 6.12. The van der Waals surface area contributed by atoms with E-state index >= 15 is 0 Å². The van der Waals surface area contributed by atoms with Crippen LogP contribution in [0.1, 0.15) is 38.2 Å². The van der Waals surface area contributed by atoms with E-state index in [9.17, 15) is 13.6 Å². The van der Waals surface area contributed by atoms with Crippen LogP contribution in [0.15, 0.2) is 24.8 Å². The van der Waals surface area contributed by atoms with Gasteiger partial charge in [0.05, 0.1) is 11.1 Å². The van der Waals surface area contributed by atoms with Crippen molar-refractivity contribution in [2.45, 2.75) is 43.7 Å². The number of nitrogens with zero attached hydrogens (tertiary/aromatic N) is 1. The molecule has 1 aliphatic carbocycles. The van der Waals surface area contributed by atoms with Gasteiger partial charge in [0, 0.05) is 13.1 Å². The molecule has 3 rings (SSSR count). The minimum absolute atomic E-state index is 0.0237. The zero-order chi connectivity index (χ0) is 17.5. The summed E-state index contributed by atoms with van der Waals surface area (Å²) < 4.78 is 27.9. The molecule has 3 nitrogen and oxygen atoms in total. The van der Waals surface area contributed by atoms with Gasteiger partial charge >= 0.3 is 0 Å². The Labute approximate surface area is 145 Å². The summed E-state index contributed by atoms with van der Waals surface area (Å²) >= 11 is 5.60. The van der Waals surface area contributed by atoms with E-state index in [1.807, 2.05) is 6.92 Å². The Kier molecular flexibility index (Phi) is 4.43. The molecule has 24 heavy (non-hydrogen) atoms. The first kappa shape index (κ1) is 17.4. The second-order valence-corrected chi connectivity index (χ2v) is 7.25. The van der Waals surface area contributed by atoms with E-state index in [0.717, 1.165) is 25.7 Å². The summed E-state index contributed by atoms with van der Waals surface area (Å²) in [5.41, 5.74) is -1.03. The summed E-state index contributed by atoms with van der Waals surface area (Å²) in [6.45, 7) is 6.29. The lowest BCUT2D eigenvalue weighted by Gasteiger charge is -2.51. The Morgan fingerprint density at radius 3 is 2.46 bits per heavy atom. The van der Waals surface area contributed by atoms with Crippen LogP contribution in [0.5, 0.6) is 0 Å². The number of rotatable bonds is 3. The van der Waals surface area contributed by atoms with Crippen molar-refractivity contribution in [3.05, 3.63) is 47.0 Å². The van der Waals surface area contributed by atoms with Gasteiger partial charge in [-0.2, -0.15) is 0 Å². The highest BCUT2D eigenvalue weighted by Crippen LogP contribution is 2.41. The van der Waals surface area contributed by atoms with Gasteiger partial charge in [-0.15, -0.1) is 6.58 Å². The lowest BCUT2D eigenvalue weighted by molar-refractivity contribution is -0.149. The average molecular weight is 355 g/mol. The number of carbonyl (C=O) groups is 1. The maximum absolute atomic E-state index is 14.0. The second-order valence-electron chi connectivity index (χ2n) is 6.87. The quantitative estimate of drug-likeness (QED) is 0.662. The molecule has 1 aromatic carbocycles. The van der Waals surface area contributed by atoms with Gasteiger partial charge in [-0.1, -0.05) is 30.5 Å². The predicted octanol–water partition coefficient (Wildman–Crippen LogP) is 3.76. The third-order valence-electron chi connectivity index (χ3n) is 5.40. The van der Waals surface area contributed by atoms with Crippen LogP contribution in [-0.2, 0) is 10.3 Å². The van der Waals surface area contributed by atoms with Crippen molar-refractivity contribution in [2.24, 2.45) is 0 Å². The summed E-state index contributed by atoms with van der Waals surface area (Å²) in [6.07, 6.45) is 5.23. The van der Waals surface area contributed by atoms with Gasteiger partial charge in [0.2, 0.25) is 5.91 Å². The average Bonchev–Trinajstić information content (AvgIpc) is 3.03. The van der Waals surface area contributed by atoms with E-state index in [0.29, 0.717) is 18.7 Å². The Morgan fingerprint density at radius 2 is 1.92 bits per heavy atom. The fourth-order valence-electron chi connectivity index (χ4n) is 3.90. The molecule has 0 bridgehead atoms. The third-order valence-corrected chi connectivity index (χ3v) is 5.76. The number of amides is 1. The molecule has 1 N–H and O–H groups in total. The summed E-state index contributed by atoms with van der Waals surface area (Å²) in [5, 5.41) is 2.84. The van der Waals surface area contributed by atoms with Crippen molar-refractivity contribution in [2.75, 3.05) is 13.1 Å². The normalized spacial score (nSPS) is 26.2. The molecule has 130 valence electrons. The predicted molar refractivity (Wildman–Crippen MR) is 89.8 cm³/mol. The largest absolute Gasteiger partial charge is 0.327 e. The topological polar surface area (TPSA) is 32.3 Å². The molecule has 1 saturated carbocycles. The Bertz CT molecular complexity index is 665. The van der Waals surface area contributed by atoms with Gasteiger partial charge in [-0.05, 0) is 37.5 Å². The van der Waals surface area contributed by atoms with Gasteiger partial charge < -0.3 is 10.2 Å². The van der Waals surface area contributed by atoms with Crippen LogP contribution >= 0.6 is 11.6 Å². The lowest BCUT2D eigenvalue weighted by Crippen LogP contribution is -2.70. The molecule has 2 aliphatic rings. The molecule has 1 spiro atoms. The SMILES string of the molecule is C=CCN1C(=O)C2(CCCC2)NC[C@@]1(C)c1cc(F)c(Cl)c(F)c1. The van der Waals surface area contributed by atoms with Crippen molar-refractivity contribution in [1.82, 2.24) is 10.2 Å². The maximum Gasteiger partial charge on any atom is 0.243 e. The first-order chi connectivity index (χ1) is 11.3. The summed E-state index contributed by atoms with van der Waals surface area (Å²) in [7, 11) is 0.